The molecule has 1 amide bonds. The molecule has 0 saturated heterocycles. The molecule has 0 fully saturated rings. The van der Waals surface area contributed by atoms with Gasteiger partial charge in [0, 0.05) is 20.8 Å². The van der Waals surface area contributed by atoms with E-state index in [1.807, 2.05) is 0 Å². The lowest BCUT2D eigenvalue weighted by molar-refractivity contribution is -0.123. The van der Waals surface area contributed by atoms with Gasteiger partial charge in [-0.15, -0.1) is 0 Å². The van der Waals surface area contributed by atoms with Gasteiger partial charge in [0.1, 0.15) is 0 Å². The maximum absolute atomic E-state index is 12.1. The van der Waals surface area contributed by atoms with Crippen LogP contribution in [0.15, 0.2) is 42.5 Å². The third kappa shape index (κ3) is 5.13. The minimum atomic E-state index is -0.990. The Hall–Kier alpha value is -1.75. The number of amides is 1. The second-order valence-corrected chi connectivity index (χ2v) is 6.01. The molecule has 7 heteroatoms. The molecule has 2 aromatic rings. The molecule has 1 atom stereocenters. The topological polar surface area (TPSA) is 55.4 Å². The molecule has 2 aromatic carbocycles. The molecule has 0 aliphatic heterocycles. The fraction of sp³-hybridized carbons (Fsp3) is 0.125. The number of nitrogens with one attached hydrogen (secondary N) is 1. The molecular formula is C16H12Cl3NO3. The van der Waals surface area contributed by atoms with Crippen LogP contribution in [0, 0.1) is 0 Å². The molecule has 1 N–H and O–H groups in total. The van der Waals surface area contributed by atoms with E-state index < -0.39 is 18.0 Å². The van der Waals surface area contributed by atoms with Gasteiger partial charge in [-0.05, 0) is 49.4 Å². The highest BCUT2D eigenvalue weighted by molar-refractivity contribution is 6.35. The van der Waals surface area contributed by atoms with Crippen LogP contribution in [0.3, 0.4) is 0 Å². The minimum absolute atomic E-state index is 0.305. The molecule has 0 aromatic heterocycles. The van der Waals surface area contributed by atoms with Gasteiger partial charge in [0.2, 0.25) is 0 Å². The van der Waals surface area contributed by atoms with Crippen molar-refractivity contribution in [2.45, 2.75) is 13.0 Å². The van der Waals surface area contributed by atoms with Crippen molar-refractivity contribution in [2.75, 3.05) is 5.32 Å². The summed E-state index contributed by atoms with van der Waals surface area (Å²) in [5.41, 5.74) is 0.724. The smallest absolute Gasteiger partial charge is 0.338 e. The van der Waals surface area contributed by atoms with E-state index in [4.69, 9.17) is 39.5 Å². The average Bonchev–Trinajstić information content (AvgIpc) is 2.46. The largest absolute Gasteiger partial charge is 0.449 e. The molecule has 0 radical (unpaired) electrons. The van der Waals surface area contributed by atoms with Crippen LogP contribution in [-0.2, 0) is 9.53 Å². The second-order valence-electron chi connectivity index (χ2n) is 4.70. The van der Waals surface area contributed by atoms with Gasteiger partial charge in [0.05, 0.1) is 5.56 Å². The first kappa shape index (κ1) is 17.6. The maximum atomic E-state index is 12.1. The zero-order valence-electron chi connectivity index (χ0n) is 12.0. The Labute approximate surface area is 148 Å². The zero-order valence-corrected chi connectivity index (χ0v) is 14.2. The van der Waals surface area contributed by atoms with Gasteiger partial charge in [-0.25, -0.2) is 4.79 Å². The molecule has 0 bridgehead atoms. The SMILES string of the molecule is CC(OC(=O)c1ccc(Cl)cc1)C(=O)Nc1cc(Cl)cc(Cl)c1. The molecule has 1 unspecified atom stereocenters. The molecular weight excluding hydrogens is 361 g/mol. The molecule has 2 rings (SSSR count). The Morgan fingerprint density at radius 3 is 2.09 bits per heavy atom. The summed E-state index contributed by atoms with van der Waals surface area (Å²) in [6.45, 7) is 1.47. The molecule has 0 heterocycles. The summed E-state index contributed by atoms with van der Waals surface area (Å²) in [7, 11) is 0. The number of rotatable bonds is 4. The molecule has 0 aliphatic carbocycles. The molecule has 0 saturated carbocycles. The summed E-state index contributed by atoms with van der Waals surface area (Å²) < 4.78 is 5.11. The van der Waals surface area contributed by atoms with Crippen molar-refractivity contribution < 1.29 is 14.3 Å². The summed E-state index contributed by atoms with van der Waals surface area (Å²) in [6, 6.07) is 10.8. The van der Waals surface area contributed by atoms with Crippen LogP contribution in [0.2, 0.25) is 15.1 Å². The van der Waals surface area contributed by atoms with Gasteiger partial charge in [0.15, 0.2) is 6.10 Å². The standard InChI is InChI=1S/C16H12Cl3NO3/c1-9(23-16(22)10-2-4-11(17)5-3-10)15(21)20-14-7-12(18)6-13(19)8-14/h2-9H,1H3,(H,20,21). The third-order valence-corrected chi connectivity index (χ3v) is 3.55. The normalized spacial score (nSPS) is 11.7. The van der Waals surface area contributed by atoms with E-state index >= 15 is 0 Å². The lowest BCUT2D eigenvalue weighted by Gasteiger charge is -2.14. The lowest BCUT2D eigenvalue weighted by atomic mass is 10.2. The first-order valence-corrected chi connectivity index (χ1v) is 7.72. The van der Waals surface area contributed by atoms with Crippen LogP contribution in [0.4, 0.5) is 5.69 Å². The average molecular weight is 373 g/mol. The van der Waals surface area contributed by atoms with Crippen molar-refractivity contribution in [3.8, 4) is 0 Å². The van der Waals surface area contributed by atoms with Gasteiger partial charge < -0.3 is 10.1 Å². The molecule has 0 spiro atoms. The number of hydrogen-bond acceptors (Lipinski definition) is 3. The van der Waals surface area contributed by atoms with Crippen LogP contribution in [-0.4, -0.2) is 18.0 Å². The number of esters is 1. The Morgan fingerprint density at radius 2 is 1.52 bits per heavy atom. The monoisotopic (exact) mass is 371 g/mol. The van der Waals surface area contributed by atoms with E-state index in [1.165, 1.54) is 19.1 Å². The van der Waals surface area contributed by atoms with Crippen molar-refractivity contribution in [1.29, 1.82) is 0 Å². The number of hydrogen-bond donors (Lipinski definition) is 1. The predicted octanol–water partition coefficient (Wildman–Crippen LogP) is 4.83. The molecule has 0 aliphatic rings. The summed E-state index contributed by atoms with van der Waals surface area (Å²) in [5.74, 6) is -1.11. The van der Waals surface area contributed by atoms with Gasteiger partial charge in [-0.3, -0.25) is 4.79 Å². The maximum Gasteiger partial charge on any atom is 0.338 e. The molecule has 23 heavy (non-hydrogen) atoms. The van der Waals surface area contributed by atoms with Crippen LogP contribution in [0.5, 0.6) is 0 Å². The highest BCUT2D eigenvalue weighted by Crippen LogP contribution is 2.22. The van der Waals surface area contributed by atoms with Crippen molar-refractivity contribution in [2.24, 2.45) is 0 Å². The van der Waals surface area contributed by atoms with Crippen molar-refractivity contribution in [1.82, 2.24) is 0 Å². The summed E-state index contributed by atoms with van der Waals surface area (Å²) in [6.07, 6.45) is -0.990. The van der Waals surface area contributed by atoms with E-state index in [1.54, 1.807) is 30.3 Å². The van der Waals surface area contributed by atoms with E-state index in [0.717, 1.165) is 0 Å². The number of anilines is 1. The van der Waals surface area contributed by atoms with Crippen molar-refractivity contribution in [3.05, 3.63) is 63.1 Å². The highest BCUT2D eigenvalue weighted by Gasteiger charge is 2.19. The zero-order chi connectivity index (χ0) is 17.0. The number of benzene rings is 2. The number of carbonyl (C=O) groups excluding carboxylic acids is 2. The predicted molar refractivity (Wildman–Crippen MR) is 91.4 cm³/mol. The first-order valence-electron chi connectivity index (χ1n) is 6.58. The Bertz CT molecular complexity index is 712. The second kappa shape index (κ2) is 7.68. The third-order valence-electron chi connectivity index (χ3n) is 2.86. The molecule has 120 valence electrons. The fourth-order valence-corrected chi connectivity index (χ4v) is 2.39. The van der Waals surface area contributed by atoms with E-state index in [9.17, 15) is 9.59 Å². The van der Waals surface area contributed by atoms with Crippen LogP contribution in [0.25, 0.3) is 0 Å². The van der Waals surface area contributed by atoms with E-state index in [0.29, 0.717) is 26.3 Å². The van der Waals surface area contributed by atoms with Crippen molar-refractivity contribution >= 4 is 52.4 Å². The Balaban J connectivity index is 1.99. The summed E-state index contributed by atoms with van der Waals surface area (Å²) in [4.78, 5) is 24.0. The lowest BCUT2D eigenvalue weighted by Crippen LogP contribution is -2.30. The van der Waals surface area contributed by atoms with Crippen LogP contribution in [0.1, 0.15) is 17.3 Å². The van der Waals surface area contributed by atoms with Gasteiger partial charge >= 0.3 is 5.97 Å². The highest BCUT2D eigenvalue weighted by atomic mass is 35.5. The number of ether oxygens (including phenoxy) is 1. The van der Waals surface area contributed by atoms with Crippen LogP contribution < -0.4 is 5.32 Å². The number of halogens is 3. The van der Waals surface area contributed by atoms with Crippen molar-refractivity contribution in [3.63, 3.8) is 0 Å². The number of carbonyl (C=O) groups is 2. The van der Waals surface area contributed by atoms with Gasteiger partial charge in [0.25, 0.3) is 5.91 Å². The Kier molecular flexibility index (Phi) is 5.88. The fourth-order valence-electron chi connectivity index (χ4n) is 1.74. The summed E-state index contributed by atoms with van der Waals surface area (Å²) in [5, 5.41) is 3.86. The molecule has 4 nitrogen and oxygen atoms in total. The summed E-state index contributed by atoms with van der Waals surface area (Å²) >= 11 is 17.5. The van der Waals surface area contributed by atoms with E-state index in [-0.39, 0.29) is 0 Å². The van der Waals surface area contributed by atoms with E-state index in [2.05, 4.69) is 5.32 Å². The van der Waals surface area contributed by atoms with Gasteiger partial charge in [-0.1, -0.05) is 34.8 Å². The quantitative estimate of drug-likeness (QED) is 0.782. The van der Waals surface area contributed by atoms with Gasteiger partial charge in [-0.2, -0.15) is 0 Å². The minimum Gasteiger partial charge on any atom is -0.449 e. The first-order chi connectivity index (χ1) is 10.8. The Morgan fingerprint density at radius 1 is 0.957 bits per heavy atom. The van der Waals surface area contributed by atoms with Crippen LogP contribution >= 0.6 is 34.8 Å².